The lowest BCUT2D eigenvalue weighted by atomic mass is 10.0. The summed E-state index contributed by atoms with van der Waals surface area (Å²) < 4.78 is 0. The molecule has 0 aromatic heterocycles. The molecule has 0 bridgehead atoms. The molecular formula is C18H32O4. The molecule has 0 rings (SSSR count). The second-order valence-corrected chi connectivity index (χ2v) is 5.69. The van der Waals surface area contributed by atoms with Gasteiger partial charge in [0.05, 0.1) is 6.10 Å². The van der Waals surface area contributed by atoms with E-state index in [0.29, 0.717) is 0 Å². The Morgan fingerprint density at radius 3 is 2.27 bits per heavy atom. The highest BCUT2D eigenvalue weighted by atomic mass is 17.1. The third-order valence-electron chi connectivity index (χ3n) is 3.66. The van der Waals surface area contributed by atoms with Gasteiger partial charge in [0.15, 0.2) is 0 Å². The first-order valence-corrected chi connectivity index (χ1v) is 8.57. The van der Waals surface area contributed by atoms with Crippen molar-refractivity contribution >= 4 is 5.97 Å². The van der Waals surface area contributed by atoms with E-state index in [2.05, 4.69) is 11.8 Å². The van der Waals surface area contributed by atoms with Gasteiger partial charge in [-0.05, 0) is 25.7 Å². The van der Waals surface area contributed by atoms with Crippen LogP contribution in [-0.4, -0.2) is 22.4 Å². The van der Waals surface area contributed by atoms with E-state index < -0.39 is 5.97 Å². The molecule has 0 aliphatic carbocycles. The minimum absolute atomic E-state index is 0.00973. The molecule has 0 fully saturated rings. The van der Waals surface area contributed by atoms with Gasteiger partial charge in [-0.1, -0.05) is 70.1 Å². The van der Waals surface area contributed by atoms with E-state index in [1.807, 2.05) is 6.08 Å². The second kappa shape index (κ2) is 16.2. The van der Waals surface area contributed by atoms with E-state index in [-0.39, 0.29) is 6.10 Å². The van der Waals surface area contributed by atoms with Crippen LogP contribution in [0.5, 0.6) is 0 Å². The van der Waals surface area contributed by atoms with Crippen LogP contribution in [0.15, 0.2) is 24.3 Å². The summed E-state index contributed by atoms with van der Waals surface area (Å²) in [6, 6.07) is 0. The quantitative estimate of drug-likeness (QED) is 0.141. The second-order valence-electron chi connectivity index (χ2n) is 5.69. The molecule has 0 heterocycles. The van der Waals surface area contributed by atoms with Crippen molar-refractivity contribution in [1.29, 1.82) is 0 Å². The number of hydrogen-bond donors (Lipinski definition) is 2. The van der Waals surface area contributed by atoms with Crippen LogP contribution in [0.4, 0.5) is 0 Å². The van der Waals surface area contributed by atoms with Gasteiger partial charge in [0.25, 0.3) is 0 Å². The average Bonchev–Trinajstić information content (AvgIpc) is 2.50. The molecule has 4 heteroatoms. The third-order valence-corrected chi connectivity index (χ3v) is 3.66. The van der Waals surface area contributed by atoms with Crippen LogP contribution in [0.1, 0.15) is 77.6 Å². The minimum atomic E-state index is -0.912. The van der Waals surface area contributed by atoms with Gasteiger partial charge < -0.3 is 5.11 Å². The molecule has 0 aromatic carbocycles. The number of hydrogen-bond acceptors (Lipinski definition) is 3. The standard InChI is InChI=1S/C18H32O4/c1-2-3-11-14-17(22-21)15-12-9-7-5-4-6-8-10-13-16-18(19)20/h8,10,13,16-17,21H,2-7,9,11-12,14-15H2,1H3,(H,19,20)/b10-8+,16-13-. The number of carboxylic acids is 1. The molecule has 4 nitrogen and oxygen atoms in total. The molecule has 128 valence electrons. The Hall–Kier alpha value is -1.13. The van der Waals surface area contributed by atoms with Crippen molar-refractivity contribution in [2.75, 3.05) is 0 Å². The zero-order valence-corrected chi connectivity index (χ0v) is 13.9. The zero-order chi connectivity index (χ0) is 16.5. The predicted molar refractivity (Wildman–Crippen MR) is 89.9 cm³/mol. The van der Waals surface area contributed by atoms with Crippen molar-refractivity contribution in [3.8, 4) is 0 Å². The molecule has 1 atom stereocenters. The monoisotopic (exact) mass is 312 g/mol. The first-order chi connectivity index (χ1) is 10.7. The number of carbonyl (C=O) groups is 1. The Kier molecular flexibility index (Phi) is 15.4. The van der Waals surface area contributed by atoms with Crippen molar-refractivity contribution in [1.82, 2.24) is 0 Å². The van der Waals surface area contributed by atoms with Crippen molar-refractivity contribution in [3.05, 3.63) is 24.3 Å². The maximum Gasteiger partial charge on any atom is 0.328 e. The molecule has 0 amide bonds. The van der Waals surface area contributed by atoms with Gasteiger partial charge >= 0.3 is 5.97 Å². The Bertz CT molecular complexity index is 310. The van der Waals surface area contributed by atoms with Crippen LogP contribution in [-0.2, 0) is 9.68 Å². The summed E-state index contributed by atoms with van der Waals surface area (Å²) in [4.78, 5) is 14.8. The van der Waals surface area contributed by atoms with Gasteiger partial charge in [0, 0.05) is 6.08 Å². The van der Waals surface area contributed by atoms with Crippen LogP contribution >= 0.6 is 0 Å². The van der Waals surface area contributed by atoms with Gasteiger partial charge in [0.2, 0.25) is 0 Å². The Morgan fingerprint density at radius 1 is 1.00 bits per heavy atom. The van der Waals surface area contributed by atoms with Crippen LogP contribution in [0.3, 0.4) is 0 Å². The SMILES string of the molecule is CCCCCC(CCCCCCC/C=C/C=C\C(=O)O)OO. The van der Waals surface area contributed by atoms with E-state index in [1.165, 1.54) is 32.1 Å². The summed E-state index contributed by atoms with van der Waals surface area (Å²) in [7, 11) is 0. The number of carboxylic acid groups (broad SMARTS) is 1. The number of unbranched alkanes of at least 4 members (excludes halogenated alkanes) is 7. The van der Waals surface area contributed by atoms with E-state index in [0.717, 1.165) is 44.6 Å². The number of allylic oxidation sites excluding steroid dienone is 3. The maximum absolute atomic E-state index is 10.2. The van der Waals surface area contributed by atoms with Gasteiger partial charge in [-0.2, -0.15) is 0 Å². The Labute approximate surface area is 134 Å². The van der Waals surface area contributed by atoms with Crippen molar-refractivity contribution in [2.45, 2.75) is 83.7 Å². The molecule has 0 aromatic rings. The average molecular weight is 312 g/mol. The fourth-order valence-corrected chi connectivity index (χ4v) is 2.35. The van der Waals surface area contributed by atoms with Crippen LogP contribution in [0.2, 0.25) is 0 Å². The fourth-order valence-electron chi connectivity index (χ4n) is 2.35. The molecule has 0 radical (unpaired) electrons. The van der Waals surface area contributed by atoms with Crippen LogP contribution < -0.4 is 0 Å². The van der Waals surface area contributed by atoms with Gasteiger partial charge in [-0.3, -0.25) is 5.26 Å². The van der Waals surface area contributed by atoms with E-state index in [4.69, 9.17) is 10.4 Å². The normalized spacial score (nSPS) is 13.2. The zero-order valence-electron chi connectivity index (χ0n) is 13.9. The molecule has 0 saturated heterocycles. The minimum Gasteiger partial charge on any atom is -0.478 e. The first-order valence-electron chi connectivity index (χ1n) is 8.57. The van der Waals surface area contributed by atoms with Gasteiger partial charge in [-0.15, -0.1) is 0 Å². The lowest BCUT2D eigenvalue weighted by molar-refractivity contribution is -0.281. The highest BCUT2D eigenvalue weighted by Gasteiger charge is 2.07. The topological polar surface area (TPSA) is 66.8 Å². The van der Waals surface area contributed by atoms with Crippen molar-refractivity contribution in [3.63, 3.8) is 0 Å². The summed E-state index contributed by atoms with van der Waals surface area (Å²) in [6.45, 7) is 2.17. The Balaban J connectivity index is 3.39. The molecule has 0 aliphatic heterocycles. The summed E-state index contributed by atoms with van der Waals surface area (Å²) >= 11 is 0. The van der Waals surface area contributed by atoms with E-state index >= 15 is 0 Å². The predicted octanol–water partition coefficient (Wildman–Crippen LogP) is 5.35. The molecular weight excluding hydrogens is 280 g/mol. The molecule has 0 aliphatic rings. The molecule has 2 N–H and O–H groups in total. The van der Waals surface area contributed by atoms with Gasteiger partial charge in [0.1, 0.15) is 0 Å². The summed E-state index contributed by atoms with van der Waals surface area (Å²) in [5, 5.41) is 17.3. The first kappa shape index (κ1) is 20.9. The lowest BCUT2D eigenvalue weighted by Gasteiger charge is -2.12. The Morgan fingerprint density at radius 2 is 1.64 bits per heavy atom. The summed E-state index contributed by atoms with van der Waals surface area (Å²) in [6.07, 6.45) is 18.7. The van der Waals surface area contributed by atoms with Crippen molar-refractivity contribution in [2.24, 2.45) is 0 Å². The molecule has 1 unspecified atom stereocenters. The largest absolute Gasteiger partial charge is 0.478 e. The molecule has 0 saturated carbocycles. The van der Waals surface area contributed by atoms with Gasteiger partial charge in [-0.25, -0.2) is 9.68 Å². The van der Waals surface area contributed by atoms with Crippen LogP contribution in [0.25, 0.3) is 0 Å². The van der Waals surface area contributed by atoms with E-state index in [1.54, 1.807) is 12.2 Å². The smallest absolute Gasteiger partial charge is 0.328 e. The van der Waals surface area contributed by atoms with E-state index in [9.17, 15) is 4.79 Å². The number of aliphatic carboxylic acids is 1. The van der Waals surface area contributed by atoms with Crippen molar-refractivity contribution < 1.29 is 20.0 Å². The summed E-state index contributed by atoms with van der Waals surface area (Å²) in [5.74, 6) is -0.912. The van der Waals surface area contributed by atoms with Crippen LogP contribution in [0, 0.1) is 0 Å². The molecule has 0 spiro atoms. The molecule has 22 heavy (non-hydrogen) atoms. The highest BCUT2D eigenvalue weighted by Crippen LogP contribution is 2.14. The highest BCUT2D eigenvalue weighted by molar-refractivity contribution is 5.80. The maximum atomic E-state index is 10.2. The lowest BCUT2D eigenvalue weighted by Crippen LogP contribution is -2.10. The fraction of sp³-hybridized carbons (Fsp3) is 0.722. The number of rotatable bonds is 15. The summed E-state index contributed by atoms with van der Waals surface area (Å²) in [5.41, 5.74) is 0. The third kappa shape index (κ3) is 15.3.